The Kier molecular flexibility index (Phi) is 4.15. The number of hydrogen-bond donors (Lipinski definition) is 1. The zero-order valence-electron chi connectivity index (χ0n) is 9.96. The van der Waals surface area contributed by atoms with Crippen molar-refractivity contribution in [1.82, 2.24) is 0 Å². The second-order valence-electron chi connectivity index (χ2n) is 4.17. The van der Waals surface area contributed by atoms with E-state index in [1.807, 2.05) is 0 Å². The second-order valence-corrected chi connectivity index (χ2v) is 4.96. The van der Waals surface area contributed by atoms with E-state index in [4.69, 9.17) is 0 Å². The molecule has 2 rings (SSSR count). The van der Waals surface area contributed by atoms with Crippen molar-refractivity contribution in [3.05, 3.63) is 69.4 Å². The third-order valence-corrected chi connectivity index (χ3v) is 3.64. The van der Waals surface area contributed by atoms with Gasteiger partial charge in [0.05, 0.1) is 10.0 Å². The van der Waals surface area contributed by atoms with Gasteiger partial charge in [0.15, 0.2) is 0 Å². The van der Waals surface area contributed by atoms with Crippen LogP contribution >= 0.6 is 15.9 Å². The van der Waals surface area contributed by atoms with Crippen LogP contribution in [0.3, 0.4) is 0 Å². The Hall–Kier alpha value is -1.40. The van der Waals surface area contributed by atoms with E-state index in [1.54, 1.807) is 0 Å². The van der Waals surface area contributed by atoms with Crippen LogP contribution in [-0.2, 0) is 6.18 Å². The highest BCUT2D eigenvalue weighted by Crippen LogP contribution is 2.34. The molecule has 0 aliphatic carbocycles. The summed E-state index contributed by atoms with van der Waals surface area (Å²) in [6.45, 7) is 0. The fourth-order valence-electron chi connectivity index (χ4n) is 1.80. The van der Waals surface area contributed by atoms with Crippen molar-refractivity contribution in [3.8, 4) is 0 Å². The number of aliphatic hydroxyl groups excluding tert-OH is 1. The first-order chi connectivity index (χ1) is 9.30. The molecule has 0 aliphatic rings. The first kappa shape index (κ1) is 15.0. The van der Waals surface area contributed by atoms with Gasteiger partial charge in [-0.15, -0.1) is 0 Å². The van der Waals surface area contributed by atoms with Gasteiger partial charge in [-0.3, -0.25) is 0 Å². The summed E-state index contributed by atoms with van der Waals surface area (Å²) in [5.41, 5.74) is -0.642. The van der Waals surface area contributed by atoms with E-state index < -0.39 is 23.7 Å². The highest BCUT2D eigenvalue weighted by molar-refractivity contribution is 9.10. The summed E-state index contributed by atoms with van der Waals surface area (Å²) in [6.07, 6.45) is -5.84. The molecular formula is C14H9BrF4O. The monoisotopic (exact) mass is 348 g/mol. The number of rotatable bonds is 2. The third-order valence-electron chi connectivity index (χ3n) is 2.81. The van der Waals surface area contributed by atoms with Gasteiger partial charge in [-0.1, -0.05) is 24.3 Å². The summed E-state index contributed by atoms with van der Waals surface area (Å²) in [4.78, 5) is 0. The van der Waals surface area contributed by atoms with E-state index in [-0.39, 0.29) is 15.6 Å². The summed E-state index contributed by atoms with van der Waals surface area (Å²) < 4.78 is 51.3. The molecule has 0 aromatic heterocycles. The van der Waals surface area contributed by atoms with E-state index >= 15 is 0 Å². The fourth-order valence-corrected chi connectivity index (χ4v) is 2.28. The molecule has 2 aromatic rings. The Morgan fingerprint density at radius 1 is 1.05 bits per heavy atom. The maximum atomic E-state index is 13.4. The lowest BCUT2D eigenvalue weighted by Crippen LogP contribution is -2.08. The lowest BCUT2D eigenvalue weighted by molar-refractivity contribution is -0.137. The Bertz CT molecular complexity index is 625. The van der Waals surface area contributed by atoms with E-state index in [9.17, 15) is 22.7 Å². The Labute approximate surface area is 121 Å². The summed E-state index contributed by atoms with van der Waals surface area (Å²) in [6, 6.07) is 8.33. The molecule has 0 fully saturated rings. The van der Waals surface area contributed by atoms with Crippen LogP contribution < -0.4 is 0 Å². The molecule has 0 heterocycles. The first-order valence-electron chi connectivity index (χ1n) is 5.60. The molecule has 0 saturated carbocycles. The van der Waals surface area contributed by atoms with E-state index in [1.165, 1.54) is 30.3 Å². The van der Waals surface area contributed by atoms with Crippen molar-refractivity contribution in [2.75, 3.05) is 0 Å². The van der Waals surface area contributed by atoms with Crippen molar-refractivity contribution in [1.29, 1.82) is 0 Å². The standard InChI is InChI=1S/C14H9BrF4O/c15-12-10(5-2-6-11(12)16)13(20)8-3-1-4-9(7-8)14(17,18)19/h1-7,13,20H. The number of halogens is 5. The topological polar surface area (TPSA) is 20.2 Å². The minimum Gasteiger partial charge on any atom is -0.384 e. The van der Waals surface area contributed by atoms with Crippen LogP contribution in [0.4, 0.5) is 17.6 Å². The zero-order valence-corrected chi connectivity index (χ0v) is 11.5. The maximum absolute atomic E-state index is 13.4. The van der Waals surface area contributed by atoms with Crippen LogP contribution in [0.25, 0.3) is 0 Å². The summed E-state index contributed by atoms with van der Waals surface area (Å²) in [5, 5.41) is 10.1. The van der Waals surface area contributed by atoms with Crippen LogP contribution in [0.2, 0.25) is 0 Å². The molecule has 1 nitrogen and oxygen atoms in total. The molecule has 0 bridgehead atoms. The molecule has 0 amide bonds. The minimum absolute atomic E-state index is 0.0323. The van der Waals surface area contributed by atoms with Gasteiger partial charge < -0.3 is 5.11 Å². The van der Waals surface area contributed by atoms with Gasteiger partial charge in [0.1, 0.15) is 11.9 Å². The Morgan fingerprint density at radius 2 is 1.70 bits per heavy atom. The predicted molar refractivity (Wildman–Crippen MR) is 69.6 cm³/mol. The molecule has 20 heavy (non-hydrogen) atoms. The van der Waals surface area contributed by atoms with Crippen LogP contribution in [0.5, 0.6) is 0 Å². The van der Waals surface area contributed by atoms with Crippen molar-refractivity contribution in [2.24, 2.45) is 0 Å². The summed E-state index contributed by atoms with van der Waals surface area (Å²) in [7, 11) is 0. The van der Waals surface area contributed by atoms with Crippen LogP contribution in [0, 0.1) is 5.82 Å². The molecule has 0 aliphatic heterocycles. The molecule has 0 saturated heterocycles. The second kappa shape index (κ2) is 5.54. The fraction of sp³-hybridized carbons (Fsp3) is 0.143. The van der Waals surface area contributed by atoms with Crippen LogP contribution in [-0.4, -0.2) is 5.11 Å². The molecule has 2 aromatic carbocycles. The molecular weight excluding hydrogens is 340 g/mol. The van der Waals surface area contributed by atoms with Gasteiger partial charge in [0.25, 0.3) is 0 Å². The average Bonchev–Trinajstić information content (AvgIpc) is 2.40. The van der Waals surface area contributed by atoms with Gasteiger partial charge in [-0.25, -0.2) is 4.39 Å². The minimum atomic E-state index is -4.49. The summed E-state index contributed by atoms with van der Waals surface area (Å²) >= 11 is 2.98. The largest absolute Gasteiger partial charge is 0.416 e. The van der Waals surface area contributed by atoms with Crippen LogP contribution in [0.15, 0.2) is 46.9 Å². The van der Waals surface area contributed by atoms with Crippen molar-refractivity contribution in [2.45, 2.75) is 12.3 Å². The van der Waals surface area contributed by atoms with Gasteiger partial charge >= 0.3 is 6.18 Å². The van der Waals surface area contributed by atoms with Crippen molar-refractivity contribution >= 4 is 15.9 Å². The first-order valence-corrected chi connectivity index (χ1v) is 6.39. The number of aliphatic hydroxyl groups is 1. The van der Waals surface area contributed by atoms with E-state index in [2.05, 4.69) is 15.9 Å². The Balaban J connectivity index is 2.44. The van der Waals surface area contributed by atoms with Crippen LogP contribution in [0.1, 0.15) is 22.8 Å². The molecule has 1 unspecified atom stereocenters. The molecule has 0 spiro atoms. The van der Waals surface area contributed by atoms with Gasteiger partial charge in [-0.05, 0) is 39.7 Å². The van der Waals surface area contributed by atoms with Gasteiger partial charge in [0.2, 0.25) is 0 Å². The SMILES string of the molecule is OC(c1cccc(C(F)(F)F)c1)c1cccc(F)c1Br. The smallest absolute Gasteiger partial charge is 0.384 e. The normalized spacial score (nSPS) is 13.3. The zero-order chi connectivity index (χ0) is 14.9. The molecule has 0 radical (unpaired) electrons. The van der Waals surface area contributed by atoms with E-state index in [0.717, 1.165) is 12.1 Å². The molecule has 1 atom stereocenters. The number of benzene rings is 2. The summed E-state index contributed by atoms with van der Waals surface area (Å²) in [5.74, 6) is -0.589. The number of hydrogen-bond acceptors (Lipinski definition) is 1. The van der Waals surface area contributed by atoms with Gasteiger partial charge in [0, 0.05) is 5.56 Å². The maximum Gasteiger partial charge on any atom is 0.416 e. The van der Waals surface area contributed by atoms with Crippen molar-refractivity contribution in [3.63, 3.8) is 0 Å². The number of alkyl halides is 3. The molecule has 1 N–H and O–H groups in total. The van der Waals surface area contributed by atoms with Gasteiger partial charge in [-0.2, -0.15) is 13.2 Å². The Morgan fingerprint density at radius 3 is 2.35 bits per heavy atom. The van der Waals surface area contributed by atoms with Crippen molar-refractivity contribution < 1.29 is 22.7 Å². The molecule has 6 heteroatoms. The van der Waals surface area contributed by atoms with E-state index in [0.29, 0.717) is 0 Å². The average molecular weight is 349 g/mol. The quantitative estimate of drug-likeness (QED) is 0.780. The predicted octanol–water partition coefficient (Wildman–Crippen LogP) is 4.69. The highest BCUT2D eigenvalue weighted by Gasteiger charge is 2.31. The third kappa shape index (κ3) is 3.02. The lowest BCUT2D eigenvalue weighted by atomic mass is 9.99. The lowest BCUT2D eigenvalue weighted by Gasteiger charge is -2.15. The highest BCUT2D eigenvalue weighted by atomic mass is 79.9. The molecule has 106 valence electrons.